The molecule has 1 saturated heterocycles. The van der Waals surface area contributed by atoms with E-state index in [0.29, 0.717) is 0 Å². The zero-order valence-corrected chi connectivity index (χ0v) is 8.87. The number of aliphatic hydroxyl groups is 1. The van der Waals surface area contributed by atoms with Gasteiger partial charge in [-0.15, -0.1) is 6.58 Å². The minimum Gasteiger partial charge on any atom is -0.480 e. The molecule has 6 nitrogen and oxygen atoms in total. The van der Waals surface area contributed by atoms with Crippen LogP contribution in [0.15, 0.2) is 12.7 Å². The van der Waals surface area contributed by atoms with Gasteiger partial charge in [-0.2, -0.15) is 0 Å². The second-order valence-electron chi connectivity index (χ2n) is 3.87. The lowest BCUT2D eigenvalue weighted by Gasteiger charge is -2.23. The molecule has 0 aromatic carbocycles. The highest BCUT2D eigenvalue weighted by Crippen LogP contribution is 2.19. The van der Waals surface area contributed by atoms with Crippen molar-refractivity contribution in [3.05, 3.63) is 12.7 Å². The molecule has 16 heavy (non-hydrogen) atoms. The molecule has 6 heteroatoms. The van der Waals surface area contributed by atoms with Gasteiger partial charge in [0, 0.05) is 13.0 Å². The first-order valence-corrected chi connectivity index (χ1v) is 5.05. The minimum absolute atomic E-state index is 0.0284. The highest BCUT2D eigenvalue weighted by atomic mass is 16.4. The number of carboxylic acids is 1. The van der Waals surface area contributed by atoms with Crippen molar-refractivity contribution >= 4 is 11.9 Å². The highest BCUT2D eigenvalue weighted by molar-refractivity contribution is 5.87. The zero-order chi connectivity index (χ0) is 12.3. The molecule has 1 fully saturated rings. The second kappa shape index (κ2) is 5.09. The molecule has 1 amide bonds. The lowest BCUT2D eigenvalue weighted by atomic mass is 10.1. The van der Waals surface area contributed by atoms with Crippen molar-refractivity contribution in [3.63, 3.8) is 0 Å². The number of carboxylic acid groups (broad SMARTS) is 1. The van der Waals surface area contributed by atoms with Crippen LogP contribution in [0.4, 0.5) is 0 Å². The van der Waals surface area contributed by atoms with Crippen LogP contribution in [0.1, 0.15) is 12.8 Å². The summed E-state index contributed by atoms with van der Waals surface area (Å²) in [4.78, 5) is 23.8. The Morgan fingerprint density at radius 2 is 2.25 bits per heavy atom. The van der Waals surface area contributed by atoms with Crippen LogP contribution < -0.4 is 5.73 Å². The summed E-state index contributed by atoms with van der Waals surface area (Å²) in [6, 6.07) is -1.76. The van der Waals surface area contributed by atoms with Crippen LogP contribution in [-0.4, -0.2) is 51.7 Å². The lowest BCUT2D eigenvalue weighted by Crippen LogP contribution is -2.48. The third-order valence-electron chi connectivity index (χ3n) is 2.58. The quantitative estimate of drug-likeness (QED) is 0.532. The normalized spacial score (nSPS) is 26.5. The largest absolute Gasteiger partial charge is 0.480 e. The van der Waals surface area contributed by atoms with Crippen LogP contribution in [0.3, 0.4) is 0 Å². The van der Waals surface area contributed by atoms with Crippen LogP contribution in [0, 0.1) is 0 Å². The predicted octanol–water partition coefficient (Wildman–Crippen LogP) is -1.06. The zero-order valence-electron chi connectivity index (χ0n) is 8.87. The summed E-state index contributed by atoms with van der Waals surface area (Å²) in [6.45, 7) is 3.49. The van der Waals surface area contributed by atoms with E-state index in [1.54, 1.807) is 0 Å². The van der Waals surface area contributed by atoms with Gasteiger partial charge in [-0.05, 0) is 6.42 Å². The van der Waals surface area contributed by atoms with E-state index in [9.17, 15) is 14.7 Å². The van der Waals surface area contributed by atoms with Gasteiger partial charge in [0.1, 0.15) is 6.04 Å². The van der Waals surface area contributed by atoms with Gasteiger partial charge in [0.25, 0.3) is 0 Å². The van der Waals surface area contributed by atoms with Crippen molar-refractivity contribution in [2.75, 3.05) is 6.54 Å². The number of β-amino-alcohol motifs (C(OH)–C–C–N with tert-alkyl or cyclic N) is 1. The van der Waals surface area contributed by atoms with Crippen LogP contribution in [0.2, 0.25) is 0 Å². The summed E-state index contributed by atoms with van der Waals surface area (Å²) in [7, 11) is 0. The fourth-order valence-electron chi connectivity index (χ4n) is 1.78. The van der Waals surface area contributed by atoms with E-state index in [0.717, 1.165) is 4.90 Å². The smallest absolute Gasteiger partial charge is 0.326 e. The number of aliphatic hydroxyl groups excluding tert-OH is 1. The first-order valence-electron chi connectivity index (χ1n) is 5.05. The second-order valence-corrected chi connectivity index (χ2v) is 3.87. The summed E-state index contributed by atoms with van der Waals surface area (Å²) >= 11 is 0. The predicted molar refractivity (Wildman–Crippen MR) is 56.6 cm³/mol. The Morgan fingerprint density at radius 1 is 1.62 bits per heavy atom. The Kier molecular flexibility index (Phi) is 4.03. The summed E-state index contributed by atoms with van der Waals surface area (Å²) in [6.07, 6.45) is 1.06. The average Bonchev–Trinajstić information content (AvgIpc) is 2.59. The lowest BCUT2D eigenvalue weighted by molar-refractivity contribution is -0.148. The molecule has 0 saturated carbocycles. The average molecular weight is 228 g/mol. The maximum Gasteiger partial charge on any atom is 0.326 e. The van der Waals surface area contributed by atoms with Gasteiger partial charge in [0.05, 0.1) is 12.1 Å². The molecule has 4 N–H and O–H groups in total. The molecule has 1 heterocycles. The molecule has 3 atom stereocenters. The molecule has 1 aliphatic rings. The fraction of sp³-hybridized carbons (Fsp3) is 0.600. The maximum absolute atomic E-state index is 11.8. The molecule has 1 unspecified atom stereocenters. The summed E-state index contributed by atoms with van der Waals surface area (Å²) in [5, 5.41) is 18.3. The first kappa shape index (κ1) is 12.7. The van der Waals surface area contributed by atoms with E-state index in [2.05, 4.69) is 6.58 Å². The molecule has 0 aliphatic carbocycles. The van der Waals surface area contributed by atoms with Crippen molar-refractivity contribution in [2.45, 2.75) is 31.0 Å². The van der Waals surface area contributed by atoms with E-state index in [4.69, 9.17) is 10.8 Å². The van der Waals surface area contributed by atoms with Crippen molar-refractivity contribution in [3.8, 4) is 0 Å². The van der Waals surface area contributed by atoms with Gasteiger partial charge in [-0.3, -0.25) is 4.79 Å². The third kappa shape index (κ3) is 2.59. The number of carbonyl (C=O) groups is 2. The van der Waals surface area contributed by atoms with Crippen molar-refractivity contribution in [1.82, 2.24) is 4.90 Å². The van der Waals surface area contributed by atoms with E-state index in [-0.39, 0.29) is 19.4 Å². The van der Waals surface area contributed by atoms with E-state index in [1.807, 2.05) is 0 Å². The monoisotopic (exact) mass is 228 g/mol. The molecule has 0 bridgehead atoms. The molecular weight excluding hydrogens is 212 g/mol. The highest BCUT2D eigenvalue weighted by Gasteiger charge is 2.40. The van der Waals surface area contributed by atoms with Gasteiger partial charge >= 0.3 is 5.97 Å². The molecule has 0 radical (unpaired) electrons. The maximum atomic E-state index is 11.8. The number of hydrogen-bond acceptors (Lipinski definition) is 4. The SMILES string of the molecule is C=CCC(N)C(=O)N1C[C@@H](O)C[C@H]1C(=O)O. The van der Waals surface area contributed by atoms with Gasteiger partial charge in [0.2, 0.25) is 5.91 Å². The number of aliphatic carboxylic acids is 1. The van der Waals surface area contributed by atoms with Crippen LogP contribution in [0.25, 0.3) is 0 Å². The Morgan fingerprint density at radius 3 is 2.75 bits per heavy atom. The van der Waals surface area contributed by atoms with E-state index >= 15 is 0 Å². The molecule has 1 aliphatic heterocycles. The number of amides is 1. The van der Waals surface area contributed by atoms with Crippen LogP contribution >= 0.6 is 0 Å². The van der Waals surface area contributed by atoms with E-state index in [1.165, 1.54) is 6.08 Å². The number of hydrogen-bond donors (Lipinski definition) is 3. The Hall–Kier alpha value is -1.40. The number of nitrogens with two attached hydrogens (primary N) is 1. The summed E-state index contributed by atoms with van der Waals surface area (Å²) < 4.78 is 0. The van der Waals surface area contributed by atoms with Crippen molar-refractivity contribution < 1.29 is 19.8 Å². The van der Waals surface area contributed by atoms with Gasteiger partial charge in [-0.1, -0.05) is 6.08 Å². The molecular formula is C10H16N2O4. The Bertz CT molecular complexity index is 305. The molecule has 90 valence electrons. The minimum atomic E-state index is -1.12. The molecule has 0 spiro atoms. The molecule has 0 aromatic heterocycles. The number of carbonyl (C=O) groups excluding carboxylic acids is 1. The number of rotatable bonds is 4. The molecule has 0 aromatic rings. The van der Waals surface area contributed by atoms with Crippen LogP contribution in [0.5, 0.6) is 0 Å². The fourth-order valence-corrected chi connectivity index (χ4v) is 1.78. The first-order chi connectivity index (χ1) is 7.47. The summed E-state index contributed by atoms with van der Waals surface area (Å²) in [5.41, 5.74) is 5.58. The number of likely N-dealkylation sites (tertiary alicyclic amines) is 1. The molecule has 1 rings (SSSR count). The Balaban J connectivity index is 2.73. The van der Waals surface area contributed by atoms with Gasteiger partial charge in [-0.25, -0.2) is 4.79 Å². The van der Waals surface area contributed by atoms with Gasteiger partial charge in [0.15, 0.2) is 0 Å². The van der Waals surface area contributed by atoms with E-state index < -0.39 is 30.1 Å². The third-order valence-corrected chi connectivity index (χ3v) is 2.58. The van der Waals surface area contributed by atoms with Crippen LogP contribution in [-0.2, 0) is 9.59 Å². The Labute approximate surface area is 93.3 Å². The standard InChI is InChI=1S/C10H16N2O4/c1-2-3-7(11)9(14)12-5-6(13)4-8(12)10(15)16/h2,6-8,13H,1,3-5,11H2,(H,15,16)/t6-,7?,8-/m0/s1. The number of nitrogens with zero attached hydrogens (tertiary/aromatic N) is 1. The topological polar surface area (TPSA) is 104 Å². The summed E-state index contributed by atoms with van der Waals surface area (Å²) in [5.74, 6) is -1.57. The van der Waals surface area contributed by atoms with Crippen molar-refractivity contribution in [1.29, 1.82) is 0 Å². The van der Waals surface area contributed by atoms with Gasteiger partial charge < -0.3 is 20.8 Å². The van der Waals surface area contributed by atoms with Crippen molar-refractivity contribution in [2.24, 2.45) is 5.73 Å².